The second-order valence-corrected chi connectivity index (χ2v) is 19.6. The number of hydrogen-bond donors (Lipinski definition) is 2. The molecule has 0 aromatic carbocycles. The number of quaternary nitrogens is 1. The number of phosphoric ester groups is 1. The minimum absolute atomic E-state index is 0.0140. The van der Waals surface area contributed by atoms with Gasteiger partial charge in [0.25, 0.3) is 7.82 Å². The van der Waals surface area contributed by atoms with E-state index in [0.29, 0.717) is 17.4 Å². The maximum absolute atomic E-state index is 12.9. The number of unbranched alkanes of at least 4 members (excludes halogenated alkanes) is 24. The standard InChI is InChI=1S/C52H97N2O6P/c1-6-8-10-12-14-16-18-20-22-23-24-25-26-27-28-29-30-31-32-33-35-37-39-41-43-45-51(55)50(49-60-61(57,58)59-48-47-54(3,4)5)53-52(56)46-44-42-40-38-36-34-21-19-17-15-13-11-9-7-2/h13,15,19,21,30-31,35,37,43,45,50-51,55H,6-12,14,16-18,20,22-29,32-34,36,38-42,44,46-49H2,1-5H3,(H-,53,56,57,58)/b15-13-,21-19-,31-30+,37-35+,45-43+. The summed E-state index contributed by atoms with van der Waals surface area (Å²) >= 11 is 0. The fraction of sp³-hybridized carbons (Fsp3) is 0.788. The van der Waals surface area contributed by atoms with Crippen LogP contribution in [0.25, 0.3) is 0 Å². The van der Waals surface area contributed by atoms with Crippen molar-refractivity contribution in [3.05, 3.63) is 60.8 Å². The minimum Gasteiger partial charge on any atom is -0.756 e. The van der Waals surface area contributed by atoms with Gasteiger partial charge in [0, 0.05) is 6.42 Å². The van der Waals surface area contributed by atoms with Crippen LogP contribution < -0.4 is 10.2 Å². The Labute approximate surface area is 377 Å². The van der Waals surface area contributed by atoms with Gasteiger partial charge in [-0.3, -0.25) is 9.36 Å². The molecule has 0 fully saturated rings. The fourth-order valence-corrected chi connectivity index (χ4v) is 7.63. The monoisotopic (exact) mass is 877 g/mol. The topological polar surface area (TPSA) is 108 Å². The molecule has 1 amide bonds. The second-order valence-electron chi connectivity index (χ2n) is 18.1. The van der Waals surface area contributed by atoms with Crippen LogP contribution in [0.4, 0.5) is 0 Å². The fourth-order valence-electron chi connectivity index (χ4n) is 6.91. The van der Waals surface area contributed by atoms with Crippen molar-refractivity contribution in [1.82, 2.24) is 5.32 Å². The highest BCUT2D eigenvalue weighted by atomic mass is 31.2. The third-order valence-corrected chi connectivity index (χ3v) is 11.9. The highest BCUT2D eigenvalue weighted by Gasteiger charge is 2.23. The predicted molar refractivity (Wildman–Crippen MR) is 261 cm³/mol. The number of aliphatic hydroxyl groups excluding tert-OH is 1. The second kappa shape index (κ2) is 43.5. The van der Waals surface area contributed by atoms with Crippen molar-refractivity contribution >= 4 is 13.7 Å². The lowest BCUT2D eigenvalue weighted by molar-refractivity contribution is -0.870. The molecule has 8 nitrogen and oxygen atoms in total. The normalized spacial score (nSPS) is 14.7. The summed E-state index contributed by atoms with van der Waals surface area (Å²) in [5, 5.41) is 13.8. The Bertz CT molecular complexity index is 1180. The third-order valence-electron chi connectivity index (χ3n) is 10.9. The van der Waals surface area contributed by atoms with Gasteiger partial charge in [-0.05, 0) is 70.6 Å². The average Bonchev–Trinajstić information content (AvgIpc) is 3.21. The van der Waals surface area contributed by atoms with E-state index in [1.54, 1.807) is 6.08 Å². The summed E-state index contributed by atoms with van der Waals surface area (Å²) in [7, 11) is 1.22. The molecule has 0 radical (unpaired) electrons. The van der Waals surface area contributed by atoms with Crippen LogP contribution in [0.5, 0.6) is 0 Å². The van der Waals surface area contributed by atoms with E-state index >= 15 is 0 Å². The predicted octanol–water partition coefficient (Wildman–Crippen LogP) is 14.0. The molecular weight excluding hydrogens is 780 g/mol. The lowest BCUT2D eigenvalue weighted by Crippen LogP contribution is -2.45. The summed E-state index contributed by atoms with van der Waals surface area (Å²) in [4.78, 5) is 25.3. The molecule has 356 valence electrons. The highest BCUT2D eigenvalue weighted by Crippen LogP contribution is 2.38. The van der Waals surface area contributed by atoms with E-state index in [1.165, 1.54) is 122 Å². The number of allylic oxidation sites excluding steroid dienone is 9. The van der Waals surface area contributed by atoms with Crippen LogP contribution >= 0.6 is 7.82 Å². The summed E-state index contributed by atoms with van der Waals surface area (Å²) in [6.07, 6.45) is 57.2. The first kappa shape index (κ1) is 59.2. The Morgan fingerprint density at radius 1 is 0.574 bits per heavy atom. The largest absolute Gasteiger partial charge is 0.756 e. The average molecular weight is 877 g/mol. The van der Waals surface area contributed by atoms with Crippen LogP contribution in [0.15, 0.2) is 60.8 Å². The molecule has 0 heterocycles. The minimum atomic E-state index is -4.61. The SMILES string of the molecule is CCCC/C=C\C/C=C\CCCCCCCC(=O)NC(COP(=O)([O-])OCC[N+](C)(C)C)C(O)/C=C/CC/C=C/CC/C=C/CCCCCCCCCCCCCCCCC. The van der Waals surface area contributed by atoms with Crippen molar-refractivity contribution < 1.29 is 32.9 Å². The Morgan fingerprint density at radius 2 is 0.984 bits per heavy atom. The number of nitrogens with zero attached hydrogens (tertiary/aromatic N) is 1. The van der Waals surface area contributed by atoms with Crippen molar-refractivity contribution in [1.29, 1.82) is 0 Å². The van der Waals surface area contributed by atoms with Crippen molar-refractivity contribution in [2.75, 3.05) is 40.9 Å². The lowest BCUT2D eigenvalue weighted by Gasteiger charge is -2.29. The molecule has 0 aromatic heterocycles. The molecule has 0 aliphatic rings. The highest BCUT2D eigenvalue weighted by molar-refractivity contribution is 7.45. The first-order chi connectivity index (χ1) is 29.5. The zero-order valence-electron chi connectivity index (χ0n) is 40.4. The van der Waals surface area contributed by atoms with Crippen LogP contribution in [-0.2, 0) is 18.4 Å². The van der Waals surface area contributed by atoms with E-state index in [0.717, 1.165) is 70.6 Å². The molecule has 0 bridgehead atoms. The molecule has 0 spiro atoms. The summed E-state index contributed by atoms with van der Waals surface area (Å²) in [6.45, 7) is 4.56. The zero-order valence-corrected chi connectivity index (χ0v) is 41.2. The van der Waals surface area contributed by atoms with Gasteiger partial charge in [0.15, 0.2) is 0 Å². The Morgan fingerprint density at radius 3 is 1.48 bits per heavy atom. The van der Waals surface area contributed by atoms with Crippen LogP contribution in [-0.4, -0.2) is 68.5 Å². The van der Waals surface area contributed by atoms with Crippen LogP contribution in [0.2, 0.25) is 0 Å². The first-order valence-electron chi connectivity index (χ1n) is 25.2. The molecule has 0 saturated carbocycles. The van der Waals surface area contributed by atoms with Gasteiger partial charge in [-0.25, -0.2) is 0 Å². The molecule has 3 atom stereocenters. The molecule has 0 aliphatic heterocycles. The maximum Gasteiger partial charge on any atom is 0.268 e. The quantitative estimate of drug-likeness (QED) is 0.0273. The van der Waals surface area contributed by atoms with Crippen molar-refractivity contribution in [3.8, 4) is 0 Å². The molecule has 0 saturated heterocycles. The summed E-state index contributed by atoms with van der Waals surface area (Å²) < 4.78 is 23.2. The van der Waals surface area contributed by atoms with Crippen molar-refractivity contribution in [3.63, 3.8) is 0 Å². The molecular formula is C52H97N2O6P. The number of likely N-dealkylation sites (N-methyl/N-ethyl adjacent to an activating group) is 1. The summed E-state index contributed by atoms with van der Waals surface area (Å²) in [6, 6.07) is -0.919. The number of aliphatic hydroxyl groups is 1. The van der Waals surface area contributed by atoms with Gasteiger partial charge in [0.1, 0.15) is 13.2 Å². The number of rotatable bonds is 45. The van der Waals surface area contributed by atoms with Crippen molar-refractivity contribution in [2.24, 2.45) is 0 Å². The Balaban J connectivity index is 4.38. The van der Waals surface area contributed by atoms with E-state index in [4.69, 9.17) is 9.05 Å². The van der Waals surface area contributed by atoms with Gasteiger partial charge < -0.3 is 28.8 Å². The number of phosphoric acid groups is 1. The van der Waals surface area contributed by atoms with E-state index < -0.39 is 26.6 Å². The van der Waals surface area contributed by atoms with Gasteiger partial charge >= 0.3 is 0 Å². The van der Waals surface area contributed by atoms with E-state index in [-0.39, 0.29) is 12.5 Å². The van der Waals surface area contributed by atoms with Gasteiger partial charge in [-0.1, -0.05) is 197 Å². The summed E-state index contributed by atoms with van der Waals surface area (Å²) in [5.41, 5.74) is 0. The van der Waals surface area contributed by atoms with E-state index in [9.17, 15) is 19.4 Å². The summed E-state index contributed by atoms with van der Waals surface area (Å²) in [5.74, 6) is -0.227. The zero-order chi connectivity index (χ0) is 45.0. The lowest BCUT2D eigenvalue weighted by atomic mass is 10.0. The smallest absolute Gasteiger partial charge is 0.268 e. The van der Waals surface area contributed by atoms with Gasteiger partial charge in [-0.2, -0.15) is 0 Å². The molecule has 3 unspecified atom stereocenters. The van der Waals surface area contributed by atoms with E-state index in [1.807, 2.05) is 27.2 Å². The third kappa shape index (κ3) is 46.0. The number of amides is 1. The van der Waals surface area contributed by atoms with Crippen LogP contribution in [0, 0.1) is 0 Å². The molecule has 0 rings (SSSR count). The van der Waals surface area contributed by atoms with Crippen molar-refractivity contribution in [2.45, 2.75) is 225 Å². The Kier molecular flexibility index (Phi) is 42.2. The van der Waals surface area contributed by atoms with E-state index in [2.05, 4.69) is 67.8 Å². The Hall–Kier alpha value is -1.80. The van der Waals surface area contributed by atoms with Gasteiger partial charge in [-0.15, -0.1) is 0 Å². The molecule has 0 aromatic rings. The van der Waals surface area contributed by atoms with Crippen LogP contribution in [0.1, 0.15) is 213 Å². The maximum atomic E-state index is 12.9. The number of hydrogen-bond acceptors (Lipinski definition) is 6. The molecule has 61 heavy (non-hydrogen) atoms. The number of carbonyl (C=O) groups is 1. The molecule has 2 N–H and O–H groups in total. The molecule has 9 heteroatoms. The van der Waals surface area contributed by atoms with Gasteiger partial charge in [0.2, 0.25) is 5.91 Å². The number of carbonyl (C=O) groups excluding carboxylic acids is 1. The first-order valence-corrected chi connectivity index (χ1v) is 26.6. The van der Waals surface area contributed by atoms with Gasteiger partial charge in [0.05, 0.1) is 39.9 Å². The molecule has 0 aliphatic carbocycles. The van der Waals surface area contributed by atoms with Crippen LogP contribution in [0.3, 0.4) is 0 Å². The number of nitrogens with one attached hydrogen (secondary N) is 1.